The molecule has 0 aliphatic heterocycles. The van der Waals surface area contributed by atoms with Gasteiger partial charge in [-0.25, -0.2) is 0 Å². The van der Waals surface area contributed by atoms with Crippen molar-refractivity contribution in [1.29, 1.82) is 0 Å². The number of hydrogen-bond donors (Lipinski definition) is 0. The lowest BCUT2D eigenvalue weighted by Crippen LogP contribution is -2.11. The van der Waals surface area contributed by atoms with Gasteiger partial charge in [0.25, 0.3) is 0 Å². The Labute approximate surface area is 872 Å². The van der Waals surface area contributed by atoms with Crippen LogP contribution in [-0.2, 0) is 0 Å². The first-order valence-corrected chi connectivity index (χ1v) is 51.0. The number of rotatable bonds is 21. The zero-order valence-electron chi connectivity index (χ0n) is 82.2. The van der Waals surface area contributed by atoms with Crippen molar-refractivity contribution in [2.24, 2.45) is 0 Å². The molecule has 0 aliphatic carbocycles. The largest absolute Gasteiger partial charge is 0.456 e. The van der Waals surface area contributed by atoms with Crippen molar-refractivity contribution in [3.63, 3.8) is 0 Å². The Morgan fingerprint density at radius 1 is 0.100 bits per heavy atom. The minimum atomic E-state index is 0.871. The summed E-state index contributed by atoms with van der Waals surface area (Å²) in [4.78, 5) is 6.97. The molecule has 0 atom stereocenters. The SMILES string of the molecule is c1ccc(-c2ccc(-c3ccc(-c4cccc(N(c5ccc(-c6ccccc6)cc5)c5ccc6c(c5)oc5ccccc56)c4)cc3)cc2)cc1.c1ccc(-c2ccc(-c3ccc(-c4cccc(N(c5cccc(-c6ccccc6)c5)c5ccc6c(c5)oc5ccccc56)c4)cc3)cc2)cc1.c1ccc(-c2ccc(-c3cccc(-c4ccc(N(c5ccc6c(c5)oc5ccccc56)c5ccccc5-c5ccccc5)cc4)c3)cc2)cc1. The van der Waals surface area contributed by atoms with E-state index in [9.17, 15) is 0 Å². The highest BCUT2D eigenvalue weighted by Gasteiger charge is 2.24. The maximum Gasteiger partial charge on any atom is 0.137 e. The van der Waals surface area contributed by atoms with Crippen LogP contribution in [0.25, 0.3) is 199 Å². The summed E-state index contributed by atoms with van der Waals surface area (Å²) in [6.45, 7) is 0. The molecule has 0 N–H and O–H groups in total. The molecule has 150 heavy (non-hydrogen) atoms. The molecular weight excluding hydrogens is 1820 g/mol. The van der Waals surface area contributed by atoms with E-state index in [1.54, 1.807) is 0 Å². The standard InChI is InChI=1S/3C48H33NO/c1-3-12-34(13-4-1)35-22-24-36(25-23-35)39-16-11-17-40(32-39)37-26-28-41(29-27-37)49(46-20-9-7-18-43(46)38-14-5-2-6-15-38)42-30-31-45-44-19-8-10-21-47(44)50-48(45)33-42;1-3-11-34(12-4-1)36-21-23-37(24-22-36)38-25-27-39(28-26-38)41-16-10-18-43(32-41)49(42-17-9-15-40(31-42)35-13-5-2-6-14-35)44-29-30-46-45-19-7-8-20-47(45)50-48(46)33-44;1-3-10-34(11-4-1)36-18-20-37(21-19-36)38-22-24-40(25-23-38)41-14-9-15-43(32-41)49(42-28-26-39(27-29-42)35-12-5-2-6-13-35)44-30-31-46-45-16-7-8-17-47(45)50-48(46)33-44/h3*1-33H. The highest BCUT2D eigenvalue weighted by molar-refractivity contribution is 6.09. The molecule has 0 spiro atoms. The zero-order chi connectivity index (χ0) is 99.8. The Hall–Kier alpha value is -19.9. The minimum Gasteiger partial charge on any atom is -0.456 e. The van der Waals surface area contributed by atoms with Crippen molar-refractivity contribution in [2.45, 2.75) is 0 Å². The molecule has 0 radical (unpaired) electrons. The van der Waals surface area contributed by atoms with E-state index < -0.39 is 0 Å². The lowest BCUT2D eigenvalue weighted by molar-refractivity contribution is 0.668. The van der Waals surface area contributed by atoms with Crippen LogP contribution in [0, 0.1) is 0 Å². The maximum atomic E-state index is 6.36. The van der Waals surface area contributed by atoms with Crippen LogP contribution in [0.2, 0.25) is 0 Å². The maximum absolute atomic E-state index is 6.36. The average Bonchev–Trinajstić information content (AvgIpc) is 1.62. The van der Waals surface area contributed by atoms with Gasteiger partial charge < -0.3 is 28.0 Å². The van der Waals surface area contributed by atoms with Crippen molar-refractivity contribution in [3.8, 4) is 134 Å². The number of furan rings is 3. The molecular formula is C144H99N3O3. The first kappa shape index (κ1) is 91.3. The normalized spacial score (nSPS) is 11.2. The summed E-state index contributed by atoms with van der Waals surface area (Å²) in [7, 11) is 0. The zero-order valence-corrected chi connectivity index (χ0v) is 82.2. The molecule has 708 valence electrons. The summed E-state index contributed by atoms with van der Waals surface area (Å²) in [5.41, 5.74) is 43.5. The average molecular weight is 1920 g/mol. The summed E-state index contributed by atoms with van der Waals surface area (Å²) in [6.07, 6.45) is 0. The van der Waals surface area contributed by atoms with Crippen LogP contribution in [0.5, 0.6) is 0 Å². The summed E-state index contributed by atoms with van der Waals surface area (Å²) in [5, 5.41) is 6.74. The van der Waals surface area contributed by atoms with Crippen molar-refractivity contribution in [2.75, 3.05) is 14.7 Å². The Bertz CT molecular complexity index is 9430. The molecule has 0 bridgehead atoms. The molecule has 0 amide bonds. The summed E-state index contributed by atoms with van der Waals surface area (Å²) < 4.78 is 19.0. The molecule has 3 aromatic heterocycles. The second-order valence-corrected chi connectivity index (χ2v) is 37.8. The van der Waals surface area contributed by atoms with Gasteiger partial charge in [-0.3, -0.25) is 0 Å². The van der Waals surface area contributed by atoms with Crippen LogP contribution in [-0.4, -0.2) is 0 Å². The van der Waals surface area contributed by atoms with Crippen LogP contribution in [0.15, 0.2) is 614 Å². The number of hydrogen-bond acceptors (Lipinski definition) is 6. The van der Waals surface area contributed by atoms with E-state index in [1.807, 2.05) is 36.4 Å². The molecule has 27 aromatic rings. The molecule has 0 saturated carbocycles. The first-order chi connectivity index (χ1) is 74.3. The smallest absolute Gasteiger partial charge is 0.137 e. The van der Waals surface area contributed by atoms with Crippen LogP contribution < -0.4 is 14.7 Å². The van der Waals surface area contributed by atoms with E-state index in [0.717, 1.165) is 134 Å². The van der Waals surface area contributed by atoms with Crippen LogP contribution in [0.3, 0.4) is 0 Å². The Balaban J connectivity index is 0.000000116. The fourth-order valence-corrected chi connectivity index (χ4v) is 20.8. The summed E-state index contributed by atoms with van der Waals surface area (Å²) in [6, 6.07) is 213. The number of fused-ring (bicyclic) bond motifs is 9. The number of benzene rings is 24. The number of anilines is 9. The Morgan fingerprint density at radius 2 is 0.287 bits per heavy atom. The fraction of sp³-hybridized carbons (Fsp3) is 0. The third-order valence-corrected chi connectivity index (χ3v) is 28.5. The van der Waals surface area contributed by atoms with E-state index in [1.165, 1.54) is 117 Å². The van der Waals surface area contributed by atoms with Gasteiger partial charge in [0.2, 0.25) is 0 Å². The molecule has 0 unspecified atom stereocenters. The molecule has 27 rings (SSSR count). The third-order valence-electron chi connectivity index (χ3n) is 28.5. The second-order valence-electron chi connectivity index (χ2n) is 37.8. The van der Waals surface area contributed by atoms with E-state index in [4.69, 9.17) is 13.3 Å². The lowest BCUT2D eigenvalue weighted by Gasteiger charge is -2.28. The molecule has 0 aliphatic rings. The summed E-state index contributed by atoms with van der Waals surface area (Å²) >= 11 is 0. The van der Waals surface area contributed by atoms with Gasteiger partial charge in [-0.2, -0.15) is 0 Å². The van der Waals surface area contributed by atoms with Gasteiger partial charge in [-0.05, 0) is 255 Å². The van der Waals surface area contributed by atoms with Gasteiger partial charge >= 0.3 is 0 Å². The molecule has 0 saturated heterocycles. The van der Waals surface area contributed by atoms with Gasteiger partial charge in [0.1, 0.15) is 33.5 Å². The Kier molecular flexibility index (Phi) is 25.2. The first-order valence-electron chi connectivity index (χ1n) is 51.0. The van der Waals surface area contributed by atoms with Crippen LogP contribution in [0.4, 0.5) is 51.2 Å². The van der Waals surface area contributed by atoms with Gasteiger partial charge in [0.05, 0.1) is 5.69 Å². The number of nitrogens with zero attached hydrogens (tertiary/aromatic N) is 3. The molecule has 6 heteroatoms. The highest BCUT2D eigenvalue weighted by Crippen LogP contribution is 2.48. The fourth-order valence-electron chi connectivity index (χ4n) is 20.8. The molecule has 24 aromatic carbocycles. The van der Waals surface area contributed by atoms with E-state index >= 15 is 0 Å². The Morgan fingerprint density at radius 3 is 0.593 bits per heavy atom. The van der Waals surface area contributed by atoms with Gasteiger partial charge in [0.15, 0.2) is 0 Å². The minimum absolute atomic E-state index is 0.871. The van der Waals surface area contributed by atoms with Crippen molar-refractivity contribution in [1.82, 2.24) is 0 Å². The van der Waals surface area contributed by atoms with Crippen LogP contribution in [0.1, 0.15) is 0 Å². The predicted molar refractivity (Wildman–Crippen MR) is 630 cm³/mol. The topological polar surface area (TPSA) is 49.1 Å². The van der Waals surface area contributed by atoms with Gasteiger partial charge in [-0.15, -0.1) is 0 Å². The van der Waals surface area contributed by atoms with Crippen molar-refractivity contribution in [3.05, 3.63) is 601 Å². The highest BCUT2D eigenvalue weighted by atomic mass is 16.3. The molecule has 0 fully saturated rings. The van der Waals surface area contributed by atoms with E-state index in [-0.39, 0.29) is 0 Å². The predicted octanol–water partition coefficient (Wildman–Crippen LogP) is 41.2. The van der Waals surface area contributed by atoms with Gasteiger partial charge in [-0.1, -0.05) is 455 Å². The van der Waals surface area contributed by atoms with Crippen molar-refractivity contribution < 1.29 is 13.3 Å². The van der Waals surface area contributed by atoms with Crippen LogP contribution >= 0.6 is 0 Å². The molecule has 6 nitrogen and oxygen atoms in total. The van der Waals surface area contributed by atoms with Gasteiger partial charge in [0, 0.05) is 102 Å². The van der Waals surface area contributed by atoms with Crippen molar-refractivity contribution >= 4 is 117 Å². The number of para-hydroxylation sites is 4. The quantitative estimate of drug-likeness (QED) is 0.0715. The molecule has 3 heterocycles. The summed E-state index contributed by atoms with van der Waals surface area (Å²) in [5.74, 6) is 0. The van der Waals surface area contributed by atoms with E-state index in [0.29, 0.717) is 0 Å². The lowest BCUT2D eigenvalue weighted by atomic mass is 9.97. The van der Waals surface area contributed by atoms with E-state index in [2.05, 4.69) is 579 Å². The monoisotopic (exact) mass is 1920 g/mol. The second kappa shape index (κ2) is 41.4. The third kappa shape index (κ3) is 19.1.